The molecular formula is C13H23N3O3. The van der Waals surface area contributed by atoms with E-state index in [1.54, 1.807) is 9.80 Å². The Bertz CT molecular complexity index is 340. The van der Waals surface area contributed by atoms with E-state index in [2.05, 4.69) is 5.32 Å². The summed E-state index contributed by atoms with van der Waals surface area (Å²) in [6, 6.07) is -0.244. The van der Waals surface area contributed by atoms with Crippen LogP contribution in [-0.4, -0.2) is 66.7 Å². The van der Waals surface area contributed by atoms with Crippen LogP contribution in [-0.2, 0) is 9.53 Å². The normalized spacial score (nSPS) is 23.1. The molecule has 1 heterocycles. The molecule has 1 saturated heterocycles. The number of amides is 3. The van der Waals surface area contributed by atoms with Crippen molar-refractivity contribution in [3.05, 3.63) is 0 Å². The third kappa shape index (κ3) is 3.37. The molecule has 3 amide bonds. The van der Waals surface area contributed by atoms with Crippen LogP contribution < -0.4 is 5.32 Å². The highest BCUT2D eigenvalue weighted by Gasteiger charge is 2.36. The van der Waals surface area contributed by atoms with Gasteiger partial charge in [-0.2, -0.15) is 0 Å². The Morgan fingerprint density at radius 1 is 1.32 bits per heavy atom. The maximum absolute atomic E-state index is 12.4. The predicted octanol–water partition coefficient (Wildman–Crippen LogP) is 0.428. The number of carbonyl (C=O) groups is 2. The van der Waals surface area contributed by atoms with Crippen LogP contribution in [0.15, 0.2) is 0 Å². The van der Waals surface area contributed by atoms with Crippen LogP contribution in [0.2, 0.25) is 0 Å². The van der Waals surface area contributed by atoms with Crippen molar-refractivity contribution in [2.45, 2.75) is 38.8 Å². The lowest BCUT2D eigenvalue weighted by molar-refractivity contribution is -0.130. The van der Waals surface area contributed by atoms with Gasteiger partial charge in [-0.3, -0.25) is 4.79 Å². The van der Waals surface area contributed by atoms with E-state index in [1.807, 2.05) is 13.8 Å². The number of nitrogens with one attached hydrogen (secondary N) is 1. The van der Waals surface area contributed by atoms with Crippen molar-refractivity contribution in [3.63, 3.8) is 0 Å². The Balaban J connectivity index is 2.01. The van der Waals surface area contributed by atoms with E-state index in [9.17, 15) is 9.59 Å². The largest absolute Gasteiger partial charge is 0.377 e. The molecule has 0 bridgehead atoms. The second kappa shape index (κ2) is 6.23. The summed E-state index contributed by atoms with van der Waals surface area (Å²) in [4.78, 5) is 27.9. The molecule has 0 aromatic rings. The van der Waals surface area contributed by atoms with Crippen molar-refractivity contribution >= 4 is 11.9 Å². The zero-order valence-electron chi connectivity index (χ0n) is 11.7. The highest BCUT2D eigenvalue weighted by atomic mass is 16.5. The fraction of sp³-hybridized carbons (Fsp3) is 0.846. The molecule has 1 aliphatic carbocycles. The summed E-state index contributed by atoms with van der Waals surface area (Å²) in [5.41, 5.74) is 0. The van der Waals surface area contributed by atoms with Gasteiger partial charge < -0.3 is 19.9 Å². The summed E-state index contributed by atoms with van der Waals surface area (Å²) in [5.74, 6) is -0.0808. The zero-order chi connectivity index (χ0) is 13.8. The molecule has 1 aliphatic heterocycles. The van der Waals surface area contributed by atoms with Gasteiger partial charge in [0.2, 0.25) is 5.91 Å². The molecular weight excluding hydrogens is 246 g/mol. The van der Waals surface area contributed by atoms with Crippen LogP contribution in [0.1, 0.15) is 26.7 Å². The maximum atomic E-state index is 12.4. The molecule has 1 unspecified atom stereocenters. The minimum absolute atomic E-state index is 0.0655. The van der Waals surface area contributed by atoms with Gasteiger partial charge in [-0.15, -0.1) is 0 Å². The van der Waals surface area contributed by atoms with Gasteiger partial charge in [-0.1, -0.05) is 0 Å². The van der Waals surface area contributed by atoms with E-state index in [0.717, 1.165) is 12.8 Å². The number of morpholine rings is 1. The molecule has 108 valence electrons. The lowest BCUT2D eigenvalue weighted by Gasteiger charge is -2.37. The summed E-state index contributed by atoms with van der Waals surface area (Å²) >= 11 is 0. The standard InChI is InChI=1S/C13H23N3O3/c1-3-15(4-2)13(18)16-7-8-19-9-11(16)12(17)14-10-5-6-10/h10-11H,3-9H2,1-2H3,(H,14,17). The third-order valence-corrected chi connectivity index (χ3v) is 3.63. The predicted molar refractivity (Wildman–Crippen MR) is 70.8 cm³/mol. The van der Waals surface area contributed by atoms with Crippen LogP contribution in [0.5, 0.6) is 0 Å². The van der Waals surface area contributed by atoms with Crippen LogP contribution in [0.4, 0.5) is 4.79 Å². The van der Waals surface area contributed by atoms with E-state index in [4.69, 9.17) is 4.74 Å². The van der Waals surface area contributed by atoms with Gasteiger partial charge in [0, 0.05) is 25.7 Å². The Morgan fingerprint density at radius 2 is 2.00 bits per heavy atom. The van der Waals surface area contributed by atoms with Crippen LogP contribution in [0.25, 0.3) is 0 Å². The Kier molecular flexibility index (Phi) is 4.63. The lowest BCUT2D eigenvalue weighted by atomic mass is 10.2. The lowest BCUT2D eigenvalue weighted by Crippen LogP contribution is -2.59. The first kappa shape index (κ1) is 14.1. The van der Waals surface area contributed by atoms with Crippen molar-refractivity contribution in [2.75, 3.05) is 32.8 Å². The second-order valence-corrected chi connectivity index (χ2v) is 5.02. The first-order valence-corrected chi connectivity index (χ1v) is 7.11. The first-order valence-electron chi connectivity index (χ1n) is 7.11. The fourth-order valence-corrected chi connectivity index (χ4v) is 2.25. The first-order chi connectivity index (χ1) is 9.17. The van der Waals surface area contributed by atoms with E-state index in [1.165, 1.54) is 0 Å². The van der Waals surface area contributed by atoms with Gasteiger partial charge in [0.25, 0.3) is 0 Å². The van der Waals surface area contributed by atoms with E-state index >= 15 is 0 Å². The van der Waals surface area contributed by atoms with Gasteiger partial charge in [0.1, 0.15) is 6.04 Å². The van der Waals surface area contributed by atoms with Crippen molar-refractivity contribution in [3.8, 4) is 0 Å². The Morgan fingerprint density at radius 3 is 2.58 bits per heavy atom. The van der Waals surface area contributed by atoms with Crippen LogP contribution in [0, 0.1) is 0 Å². The summed E-state index contributed by atoms with van der Waals surface area (Å²) in [5, 5.41) is 2.95. The third-order valence-electron chi connectivity index (χ3n) is 3.63. The summed E-state index contributed by atoms with van der Waals surface area (Å²) in [7, 11) is 0. The molecule has 2 rings (SSSR count). The molecule has 0 aromatic carbocycles. The molecule has 6 heteroatoms. The average Bonchev–Trinajstić information content (AvgIpc) is 3.24. The van der Waals surface area contributed by atoms with Gasteiger partial charge >= 0.3 is 6.03 Å². The van der Waals surface area contributed by atoms with Crippen molar-refractivity contribution < 1.29 is 14.3 Å². The number of rotatable bonds is 4. The molecule has 1 saturated carbocycles. The number of urea groups is 1. The van der Waals surface area contributed by atoms with Crippen LogP contribution in [0.3, 0.4) is 0 Å². The second-order valence-electron chi connectivity index (χ2n) is 5.02. The minimum atomic E-state index is -0.484. The van der Waals surface area contributed by atoms with E-state index in [0.29, 0.717) is 38.9 Å². The maximum Gasteiger partial charge on any atom is 0.320 e. The highest BCUT2D eigenvalue weighted by Crippen LogP contribution is 2.20. The summed E-state index contributed by atoms with van der Waals surface area (Å²) in [6.07, 6.45) is 2.09. The zero-order valence-corrected chi connectivity index (χ0v) is 11.7. The van der Waals surface area contributed by atoms with Crippen molar-refractivity contribution in [2.24, 2.45) is 0 Å². The molecule has 0 radical (unpaired) electrons. The molecule has 2 fully saturated rings. The topological polar surface area (TPSA) is 61.9 Å². The SMILES string of the molecule is CCN(CC)C(=O)N1CCOCC1C(=O)NC1CC1. The quantitative estimate of drug-likeness (QED) is 0.805. The summed E-state index contributed by atoms with van der Waals surface area (Å²) in [6.45, 7) is 6.49. The van der Waals surface area contributed by atoms with E-state index < -0.39 is 6.04 Å². The Labute approximate surface area is 114 Å². The van der Waals surface area contributed by atoms with Crippen LogP contribution >= 0.6 is 0 Å². The average molecular weight is 269 g/mol. The molecule has 19 heavy (non-hydrogen) atoms. The smallest absolute Gasteiger partial charge is 0.320 e. The highest BCUT2D eigenvalue weighted by molar-refractivity contribution is 5.87. The van der Waals surface area contributed by atoms with E-state index in [-0.39, 0.29) is 11.9 Å². The van der Waals surface area contributed by atoms with Crippen molar-refractivity contribution in [1.29, 1.82) is 0 Å². The van der Waals surface area contributed by atoms with Crippen molar-refractivity contribution in [1.82, 2.24) is 15.1 Å². The molecule has 0 aromatic heterocycles. The molecule has 2 aliphatic rings. The summed E-state index contributed by atoms with van der Waals surface area (Å²) < 4.78 is 5.36. The number of hydrogen-bond acceptors (Lipinski definition) is 3. The van der Waals surface area contributed by atoms with Gasteiger partial charge in [0.05, 0.1) is 13.2 Å². The monoisotopic (exact) mass is 269 g/mol. The minimum Gasteiger partial charge on any atom is -0.377 e. The van der Waals surface area contributed by atoms with Gasteiger partial charge in [-0.25, -0.2) is 4.79 Å². The number of hydrogen-bond donors (Lipinski definition) is 1. The molecule has 0 spiro atoms. The fourth-order valence-electron chi connectivity index (χ4n) is 2.25. The number of nitrogens with zero attached hydrogens (tertiary/aromatic N) is 2. The molecule has 6 nitrogen and oxygen atoms in total. The molecule has 1 atom stereocenters. The number of carbonyl (C=O) groups excluding carboxylic acids is 2. The Hall–Kier alpha value is -1.30. The van der Waals surface area contributed by atoms with Gasteiger partial charge in [-0.05, 0) is 26.7 Å². The van der Waals surface area contributed by atoms with Gasteiger partial charge in [0.15, 0.2) is 0 Å². The number of ether oxygens (including phenoxy) is 1. The molecule has 1 N–H and O–H groups in total.